The molecule has 1 aromatic rings. The Morgan fingerprint density at radius 3 is 2.80 bits per heavy atom. The SMILES string of the molecule is O=C(NN1CCCCC1)c1ccc(C#CCCO)cn1. The van der Waals surface area contributed by atoms with Crippen LogP contribution in [0.5, 0.6) is 0 Å². The van der Waals surface area contributed by atoms with Gasteiger partial charge in [0.15, 0.2) is 0 Å². The summed E-state index contributed by atoms with van der Waals surface area (Å²) in [5, 5.41) is 10.6. The molecule has 1 aliphatic heterocycles. The summed E-state index contributed by atoms with van der Waals surface area (Å²) in [7, 11) is 0. The van der Waals surface area contributed by atoms with Crippen molar-refractivity contribution in [3.63, 3.8) is 0 Å². The molecule has 1 aliphatic rings. The minimum Gasteiger partial charge on any atom is -0.395 e. The van der Waals surface area contributed by atoms with Gasteiger partial charge in [0.25, 0.3) is 5.91 Å². The number of aliphatic hydroxyl groups is 1. The van der Waals surface area contributed by atoms with E-state index in [0.29, 0.717) is 12.1 Å². The molecule has 2 heterocycles. The van der Waals surface area contributed by atoms with Gasteiger partial charge in [-0.2, -0.15) is 0 Å². The zero-order chi connectivity index (χ0) is 14.2. The topological polar surface area (TPSA) is 65.5 Å². The lowest BCUT2D eigenvalue weighted by Crippen LogP contribution is -2.45. The standard InChI is InChI=1S/C15H19N3O2/c19-11-5-2-6-13-7-8-14(16-12-13)15(20)17-18-9-3-1-4-10-18/h7-8,12,19H,1,3-5,9-11H2,(H,17,20). The summed E-state index contributed by atoms with van der Waals surface area (Å²) in [6.45, 7) is 1.85. The van der Waals surface area contributed by atoms with Crippen LogP contribution in [0.3, 0.4) is 0 Å². The number of carbonyl (C=O) groups excluding carboxylic acids is 1. The fourth-order valence-corrected chi connectivity index (χ4v) is 2.03. The molecule has 1 fully saturated rings. The minimum atomic E-state index is -0.179. The van der Waals surface area contributed by atoms with E-state index < -0.39 is 0 Å². The van der Waals surface area contributed by atoms with E-state index in [4.69, 9.17) is 5.11 Å². The Morgan fingerprint density at radius 2 is 2.15 bits per heavy atom. The van der Waals surface area contributed by atoms with E-state index in [1.165, 1.54) is 6.42 Å². The van der Waals surface area contributed by atoms with Crippen molar-refractivity contribution in [2.24, 2.45) is 0 Å². The van der Waals surface area contributed by atoms with Gasteiger partial charge in [-0.3, -0.25) is 10.2 Å². The van der Waals surface area contributed by atoms with Crippen LogP contribution in [0.25, 0.3) is 0 Å². The number of nitrogens with one attached hydrogen (secondary N) is 1. The molecule has 0 unspecified atom stereocenters. The van der Waals surface area contributed by atoms with Gasteiger partial charge in [-0.25, -0.2) is 9.99 Å². The van der Waals surface area contributed by atoms with Gasteiger partial charge in [0.1, 0.15) is 5.69 Å². The predicted octanol–water partition coefficient (Wildman–Crippen LogP) is 0.946. The maximum absolute atomic E-state index is 12.0. The second-order valence-corrected chi connectivity index (χ2v) is 4.70. The van der Waals surface area contributed by atoms with Crippen molar-refractivity contribution in [2.45, 2.75) is 25.7 Å². The molecule has 0 radical (unpaired) electrons. The molecule has 0 spiro atoms. The molecule has 2 rings (SSSR count). The number of hydrazine groups is 1. The van der Waals surface area contributed by atoms with Gasteiger partial charge in [0.05, 0.1) is 6.61 Å². The lowest BCUT2D eigenvalue weighted by atomic mass is 10.2. The highest BCUT2D eigenvalue weighted by Crippen LogP contribution is 2.07. The number of pyridine rings is 1. The Hall–Kier alpha value is -1.90. The molecule has 1 amide bonds. The van der Waals surface area contributed by atoms with Gasteiger partial charge in [-0.05, 0) is 25.0 Å². The largest absolute Gasteiger partial charge is 0.395 e. The van der Waals surface area contributed by atoms with Crippen molar-refractivity contribution < 1.29 is 9.90 Å². The summed E-state index contributed by atoms with van der Waals surface area (Å²) in [6, 6.07) is 3.44. The highest BCUT2D eigenvalue weighted by atomic mass is 16.2. The normalized spacial score (nSPS) is 15.2. The van der Waals surface area contributed by atoms with Crippen LogP contribution >= 0.6 is 0 Å². The Bertz CT molecular complexity index is 496. The number of amides is 1. The molecule has 2 N–H and O–H groups in total. The van der Waals surface area contributed by atoms with Crippen LogP contribution in [-0.4, -0.2) is 40.7 Å². The highest BCUT2D eigenvalue weighted by Gasteiger charge is 2.14. The minimum absolute atomic E-state index is 0.0523. The first-order valence-electron chi connectivity index (χ1n) is 6.91. The number of piperidine rings is 1. The van der Waals surface area contributed by atoms with E-state index in [1.54, 1.807) is 18.3 Å². The lowest BCUT2D eigenvalue weighted by molar-refractivity contribution is 0.0745. The monoisotopic (exact) mass is 273 g/mol. The van der Waals surface area contributed by atoms with Crippen LogP contribution in [0.1, 0.15) is 41.7 Å². The first-order chi connectivity index (χ1) is 9.79. The molecule has 0 aromatic carbocycles. The van der Waals surface area contributed by atoms with Crippen molar-refractivity contribution in [1.82, 2.24) is 15.4 Å². The second-order valence-electron chi connectivity index (χ2n) is 4.70. The van der Waals surface area contributed by atoms with Crippen LogP contribution in [0.2, 0.25) is 0 Å². The summed E-state index contributed by atoms with van der Waals surface area (Å²) >= 11 is 0. The Labute approximate surface area is 119 Å². The van der Waals surface area contributed by atoms with Crippen molar-refractivity contribution in [3.05, 3.63) is 29.6 Å². The van der Waals surface area contributed by atoms with Crippen LogP contribution < -0.4 is 5.43 Å². The van der Waals surface area contributed by atoms with Crippen molar-refractivity contribution in [3.8, 4) is 11.8 Å². The van der Waals surface area contributed by atoms with Gasteiger partial charge in [0.2, 0.25) is 0 Å². The molecule has 1 saturated heterocycles. The van der Waals surface area contributed by atoms with Crippen molar-refractivity contribution in [1.29, 1.82) is 0 Å². The average Bonchev–Trinajstić information content (AvgIpc) is 2.49. The third-order valence-corrected chi connectivity index (χ3v) is 3.08. The summed E-state index contributed by atoms with van der Waals surface area (Å²) in [5.41, 5.74) is 4.01. The average molecular weight is 273 g/mol. The predicted molar refractivity (Wildman–Crippen MR) is 75.7 cm³/mol. The molecule has 0 saturated carbocycles. The van der Waals surface area contributed by atoms with E-state index in [-0.39, 0.29) is 12.5 Å². The number of aromatic nitrogens is 1. The molecule has 1 aromatic heterocycles. The Kier molecular flexibility index (Phi) is 5.54. The summed E-state index contributed by atoms with van der Waals surface area (Å²) in [6.07, 6.45) is 5.48. The highest BCUT2D eigenvalue weighted by molar-refractivity contribution is 5.91. The third kappa shape index (κ3) is 4.34. The fraction of sp³-hybridized carbons (Fsp3) is 0.467. The molecular weight excluding hydrogens is 254 g/mol. The van der Waals surface area contributed by atoms with Crippen molar-refractivity contribution in [2.75, 3.05) is 19.7 Å². The lowest BCUT2D eigenvalue weighted by Gasteiger charge is -2.26. The van der Waals surface area contributed by atoms with E-state index in [0.717, 1.165) is 31.5 Å². The number of nitrogens with zero attached hydrogens (tertiary/aromatic N) is 2. The first-order valence-corrected chi connectivity index (χ1v) is 6.91. The van der Waals surface area contributed by atoms with E-state index in [2.05, 4.69) is 22.3 Å². The van der Waals surface area contributed by atoms with Gasteiger partial charge in [-0.1, -0.05) is 18.3 Å². The smallest absolute Gasteiger partial charge is 0.284 e. The second kappa shape index (κ2) is 7.63. The number of hydrogen-bond acceptors (Lipinski definition) is 4. The number of aliphatic hydroxyl groups excluding tert-OH is 1. The molecule has 0 aliphatic carbocycles. The molecular formula is C15H19N3O2. The van der Waals surface area contributed by atoms with E-state index in [9.17, 15) is 4.79 Å². The maximum atomic E-state index is 12.0. The summed E-state index contributed by atoms with van der Waals surface area (Å²) in [5.74, 6) is 5.52. The van der Waals surface area contributed by atoms with Crippen LogP contribution in [0.15, 0.2) is 18.3 Å². The third-order valence-electron chi connectivity index (χ3n) is 3.08. The van der Waals surface area contributed by atoms with Gasteiger partial charge < -0.3 is 5.11 Å². The fourth-order valence-electron chi connectivity index (χ4n) is 2.03. The van der Waals surface area contributed by atoms with Crippen LogP contribution in [0, 0.1) is 11.8 Å². The Morgan fingerprint density at radius 1 is 1.35 bits per heavy atom. The zero-order valence-electron chi connectivity index (χ0n) is 11.4. The van der Waals surface area contributed by atoms with Gasteiger partial charge in [-0.15, -0.1) is 0 Å². The van der Waals surface area contributed by atoms with Crippen LogP contribution in [0.4, 0.5) is 0 Å². The Balaban J connectivity index is 1.92. The molecule has 0 bridgehead atoms. The number of carbonyl (C=O) groups is 1. The summed E-state index contributed by atoms with van der Waals surface area (Å²) < 4.78 is 0. The van der Waals surface area contributed by atoms with Gasteiger partial charge >= 0.3 is 0 Å². The number of hydrogen-bond donors (Lipinski definition) is 2. The first kappa shape index (κ1) is 14.5. The number of rotatable bonds is 3. The zero-order valence-corrected chi connectivity index (χ0v) is 11.4. The van der Waals surface area contributed by atoms with Gasteiger partial charge in [0, 0.05) is 31.3 Å². The molecule has 106 valence electrons. The van der Waals surface area contributed by atoms with E-state index >= 15 is 0 Å². The molecule has 5 heteroatoms. The maximum Gasteiger partial charge on any atom is 0.284 e. The summed E-state index contributed by atoms with van der Waals surface area (Å²) in [4.78, 5) is 16.1. The van der Waals surface area contributed by atoms with Crippen molar-refractivity contribution >= 4 is 5.91 Å². The quantitative estimate of drug-likeness (QED) is 0.805. The van der Waals surface area contributed by atoms with Crippen LogP contribution in [-0.2, 0) is 0 Å². The van der Waals surface area contributed by atoms with E-state index in [1.807, 2.05) is 5.01 Å². The molecule has 5 nitrogen and oxygen atoms in total. The molecule has 0 atom stereocenters. The molecule has 20 heavy (non-hydrogen) atoms.